The van der Waals surface area contributed by atoms with Crippen molar-refractivity contribution in [3.8, 4) is 0 Å². The van der Waals surface area contributed by atoms with Gasteiger partial charge in [0.1, 0.15) is 0 Å². The second-order valence-electron chi connectivity index (χ2n) is 3.93. The zero-order valence-corrected chi connectivity index (χ0v) is 11.8. The van der Waals surface area contributed by atoms with E-state index in [0.717, 1.165) is 0 Å². The average molecular weight is 290 g/mol. The van der Waals surface area contributed by atoms with E-state index in [0.29, 0.717) is 0 Å². The van der Waals surface area contributed by atoms with Crippen LogP contribution in [0.3, 0.4) is 0 Å². The molecule has 0 aliphatic heterocycles. The van der Waals surface area contributed by atoms with Crippen molar-refractivity contribution in [1.29, 1.82) is 0 Å². The molecule has 0 unspecified atom stereocenters. The first-order chi connectivity index (χ1) is 9.15. The van der Waals surface area contributed by atoms with E-state index in [1.807, 2.05) is 6.20 Å². The molecule has 0 atom stereocenters. The van der Waals surface area contributed by atoms with Gasteiger partial charge in [-0.2, -0.15) is 0 Å². The number of hydrogen-bond donors (Lipinski definition) is 0. The molecule has 0 spiro atoms. The molecule has 19 heavy (non-hydrogen) atoms. The highest BCUT2D eigenvalue weighted by molar-refractivity contribution is 6.55. The van der Waals surface area contributed by atoms with Crippen LogP contribution in [0, 0.1) is 0 Å². The summed E-state index contributed by atoms with van der Waals surface area (Å²) in [6, 6.07) is 16.8. The number of hydrogen-bond acceptors (Lipinski definition) is 0. The van der Waals surface area contributed by atoms with E-state index in [-0.39, 0.29) is 4.49 Å². The Hall–Kier alpha value is -1.70. The van der Waals surface area contributed by atoms with Crippen LogP contribution in [0.4, 0.5) is 0 Å². The minimum atomic E-state index is 0.111. The summed E-state index contributed by atoms with van der Waals surface area (Å²) in [5, 5.41) is 2.57. The first kappa shape index (κ1) is 13.7. The fourth-order valence-electron chi connectivity index (χ4n) is 2.15. The number of para-hydroxylation sites is 2. The lowest BCUT2D eigenvalue weighted by Gasteiger charge is -1.97. The van der Waals surface area contributed by atoms with Crippen LogP contribution in [-0.4, -0.2) is 4.57 Å². The van der Waals surface area contributed by atoms with Gasteiger partial charge in [-0.05, 0) is 12.1 Å². The quantitative estimate of drug-likeness (QED) is 0.531. The van der Waals surface area contributed by atoms with Gasteiger partial charge in [-0.1, -0.05) is 72.8 Å². The number of fused-ring (bicyclic) bond motifs is 3. The van der Waals surface area contributed by atoms with Gasteiger partial charge in [0.2, 0.25) is 0 Å². The fourth-order valence-corrected chi connectivity index (χ4v) is 2.15. The third-order valence-electron chi connectivity index (χ3n) is 2.80. The molecule has 3 rings (SSSR count). The molecular formula is C16H13Cl2N. The summed E-state index contributed by atoms with van der Waals surface area (Å²) in [6.45, 7) is 6.95. The molecule has 0 saturated carbocycles. The van der Waals surface area contributed by atoms with Crippen molar-refractivity contribution in [2.75, 3.05) is 0 Å². The second kappa shape index (κ2) is 5.96. The predicted octanol–water partition coefficient (Wildman–Crippen LogP) is 5.83. The van der Waals surface area contributed by atoms with E-state index in [9.17, 15) is 0 Å². The first-order valence-corrected chi connectivity index (χ1v) is 6.51. The third kappa shape index (κ3) is 2.83. The van der Waals surface area contributed by atoms with Gasteiger partial charge in [-0.3, -0.25) is 0 Å². The molecule has 0 saturated heterocycles. The van der Waals surface area contributed by atoms with Crippen LogP contribution in [0.2, 0.25) is 0 Å². The highest BCUT2D eigenvalue weighted by Crippen LogP contribution is 2.28. The Morgan fingerprint density at radius 3 is 1.63 bits per heavy atom. The van der Waals surface area contributed by atoms with Crippen LogP contribution in [0.1, 0.15) is 0 Å². The maximum absolute atomic E-state index is 4.85. The zero-order valence-electron chi connectivity index (χ0n) is 10.3. The number of halogens is 2. The van der Waals surface area contributed by atoms with Gasteiger partial charge in [0, 0.05) is 17.0 Å². The zero-order chi connectivity index (χ0) is 13.8. The fraction of sp³-hybridized carbons (Fsp3) is 0. The molecule has 0 aliphatic carbocycles. The molecule has 3 aromatic rings. The van der Waals surface area contributed by atoms with Gasteiger partial charge in [0.15, 0.2) is 0 Å². The Balaban J connectivity index is 0.000000297. The Labute approximate surface area is 122 Å². The highest BCUT2D eigenvalue weighted by atomic mass is 35.5. The van der Waals surface area contributed by atoms with Crippen LogP contribution >= 0.6 is 23.2 Å². The van der Waals surface area contributed by atoms with Gasteiger partial charge in [-0.25, -0.2) is 0 Å². The van der Waals surface area contributed by atoms with E-state index in [1.54, 1.807) is 0 Å². The van der Waals surface area contributed by atoms with E-state index in [1.165, 1.54) is 21.8 Å². The van der Waals surface area contributed by atoms with Crippen molar-refractivity contribution in [2.45, 2.75) is 0 Å². The molecule has 0 amide bonds. The summed E-state index contributed by atoms with van der Waals surface area (Å²) in [5.74, 6) is 0. The molecule has 1 heterocycles. The summed E-state index contributed by atoms with van der Waals surface area (Å²) in [6.07, 6.45) is 1.87. The minimum absolute atomic E-state index is 0.111. The Morgan fingerprint density at radius 2 is 1.26 bits per heavy atom. The van der Waals surface area contributed by atoms with E-state index >= 15 is 0 Å². The summed E-state index contributed by atoms with van der Waals surface area (Å²) in [5.41, 5.74) is 2.43. The molecule has 96 valence electrons. The van der Waals surface area contributed by atoms with Gasteiger partial charge in [0.25, 0.3) is 0 Å². The van der Waals surface area contributed by atoms with Crippen molar-refractivity contribution in [3.05, 3.63) is 66.2 Å². The van der Waals surface area contributed by atoms with Crippen molar-refractivity contribution < 1.29 is 0 Å². The maximum atomic E-state index is 4.85. The monoisotopic (exact) mass is 289 g/mol. The lowest BCUT2D eigenvalue weighted by Crippen LogP contribution is -1.82. The maximum Gasteiger partial charge on any atom is 0.0992 e. The smallest absolute Gasteiger partial charge is 0.0992 e. The molecule has 3 heteroatoms. The average Bonchev–Trinajstić information content (AvgIpc) is 2.72. The Bertz CT molecular complexity index is 683. The minimum Gasteiger partial charge on any atom is -0.317 e. The number of aromatic nitrogens is 1. The molecule has 1 aromatic heterocycles. The molecule has 2 aromatic carbocycles. The largest absolute Gasteiger partial charge is 0.317 e. The lowest BCUT2D eigenvalue weighted by atomic mass is 10.2. The highest BCUT2D eigenvalue weighted by Gasteiger charge is 2.06. The van der Waals surface area contributed by atoms with Gasteiger partial charge >= 0.3 is 0 Å². The van der Waals surface area contributed by atoms with Gasteiger partial charge in [0.05, 0.1) is 15.5 Å². The van der Waals surface area contributed by atoms with Crippen molar-refractivity contribution >= 4 is 51.2 Å². The SMILES string of the molecule is C=C(Cl)Cl.C=Cn1c2ccccc2c2ccccc21. The normalized spacial score (nSPS) is 10.0. The summed E-state index contributed by atoms with van der Waals surface area (Å²) in [4.78, 5) is 0. The van der Waals surface area contributed by atoms with Crippen LogP contribution in [0.5, 0.6) is 0 Å². The van der Waals surface area contributed by atoms with Crippen LogP contribution in [0.25, 0.3) is 28.0 Å². The summed E-state index contributed by atoms with van der Waals surface area (Å²) >= 11 is 9.69. The third-order valence-corrected chi connectivity index (χ3v) is 2.80. The predicted molar refractivity (Wildman–Crippen MR) is 86.7 cm³/mol. The standard InChI is InChI=1S/C14H11N.C2H2Cl2/c1-2-15-13-9-5-3-7-11(13)12-8-4-6-10-14(12)15;1-2(3)4/h2-10H,1H2;1H2. The lowest BCUT2D eigenvalue weighted by molar-refractivity contribution is 1.30. The number of benzene rings is 2. The number of nitrogens with zero attached hydrogens (tertiary/aromatic N) is 1. The topological polar surface area (TPSA) is 4.93 Å². The first-order valence-electron chi connectivity index (χ1n) is 5.75. The second-order valence-corrected chi connectivity index (χ2v) is 5.03. The molecule has 0 fully saturated rings. The van der Waals surface area contributed by atoms with Crippen LogP contribution in [-0.2, 0) is 0 Å². The van der Waals surface area contributed by atoms with Crippen molar-refractivity contribution in [2.24, 2.45) is 0 Å². The summed E-state index contributed by atoms with van der Waals surface area (Å²) < 4.78 is 2.24. The van der Waals surface area contributed by atoms with Crippen molar-refractivity contribution in [3.63, 3.8) is 0 Å². The number of rotatable bonds is 1. The molecular weight excluding hydrogens is 277 g/mol. The van der Waals surface area contributed by atoms with Crippen molar-refractivity contribution in [1.82, 2.24) is 4.57 Å². The van der Waals surface area contributed by atoms with Gasteiger partial charge < -0.3 is 4.57 Å². The molecule has 0 bridgehead atoms. The molecule has 0 N–H and O–H groups in total. The summed E-state index contributed by atoms with van der Waals surface area (Å²) in [7, 11) is 0. The van der Waals surface area contributed by atoms with Gasteiger partial charge in [-0.15, -0.1) is 0 Å². The van der Waals surface area contributed by atoms with E-state index < -0.39 is 0 Å². The Morgan fingerprint density at radius 1 is 0.895 bits per heavy atom. The van der Waals surface area contributed by atoms with E-state index in [4.69, 9.17) is 23.2 Å². The molecule has 1 nitrogen and oxygen atoms in total. The molecule has 0 radical (unpaired) electrons. The van der Waals surface area contributed by atoms with Crippen LogP contribution < -0.4 is 0 Å². The van der Waals surface area contributed by atoms with Crippen LogP contribution in [0.15, 0.2) is 66.2 Å². The molecule has 0 aliphatic rings. The Kier molecular flexibility index (Phi) is 4.31. The van der Waals surface area contributed by atoms with E-state index in [2.05, 4.69) is 66.3 Å².